The van der Waals surface area contributed by atoms with Crippen LogP contribution in [-0.4, -0.2) is 9.78 Å². The van der Waals surface area contributed by atoms with E-state index >= 15 is 0 Å². The highest BCUT2D eigenvalue weighted by Crippen LogP contribution is 2.30. The fourth-order valence-corrected chi connectivity index (χ4v) is 1.47. The van der Waals surface area contributed by atoms with Crippen molar-refractivity contribution in [3.05, 3.63) is 16.4 Å². The number of hydrogen-bond acceptors (Lipinski definition) is 1. The molecule has 1 aliphatic rings. The number of aromatic nitrogens is 2. The highest BCUT2D eigenvalue weighted by molar-refractivity contribution is 9.10. The molecule has 0 aliphatic heterocycles. The lowest BCUT2D eigenvalue weighted by molar-refractivity contribution is 0.559. The lowest BCUT2D eigenvalue weighted by atomic mass is 10.4. The minimum Gasteiger partial charge on any atom is -0.271 e. The zero-order valence-electron chi connectivity index (χ0n) is 6.55. The molecule has 1 saturated carbocycles. The molecule has 1 fully saturated rings. The maximum Gasteiger partial charge on any atom is 0.0735 e. The number of halogens is 1. The van der Waals surface area contributed by atoms with E-state index in [-0.39, 0.29) is 0 Å². The van der Waals surface area contributed by atoms with Crippen molar-refractivity contribution in [3.63, 3.8) is 0 Å². The third-order valence-corrected chi connectivity index (χ3v) is 2.81. The zero-order valence-corrected chi connectivity index (χ0v) is 8.13. The fourth-order valence-electron chi connectivity index (χ4n) is 1.15. The van der Waals surface area contributed by atoms with E-state index < -0.39 is 0 Å². The Morgan fingerprint density at radius 3 is 2.91 bits per heavy atom. The molecule has 1 aromatic heterocycles. The highest BCUT2D eigenvalue weighted by atomic mass is 79.9. The molecular weight excluding hydrogens is 204 g/mol. The van der Waals surface area contributed by atoms with Gasteiger partial charge in [-0.25, -0.2) is 0 Å². The summed E-state index contributed by atoms with van der Waals surface area (Å²) < 4.78 is 3.16. The van der Waals surface area contributed by atoms with Crippen LogP contribution in [0.15, 0.2) is 10.7 Å². The molecule has 0 spiro atoms. The van der Waals surface area contributed by atoms with Gasteiger partial charge in [0.1, 0.15) is 0 Å². The van der Waals surface area contributed by atoms with Crippen molar-refractivity contribution in [1.29, 1.82) is 0 Å². The van der Waals surface area contributed by atoms with Crippen molar-refractivity contribution in [1.82, 2.24) is 9.78 Å². The highest BCUT2D eigenvalue weighted by Gasteiger charge is 2.22. The maximum atomic E-state index is 4.36. The van der Waals surface area contributed by atoms with Crippen LogP contribution in [0.3, 0.4) is 0 Å². The van der Waals surface area contributed by atoms with Gasteiger partial charge in [0.2, 0.25) is 0 Å². The average Bonchev–Trinajstić information content (AvgIpc) is 2.65. The summed E-state index contributed by atoms with van der Waals surface area (Å²) >= 11 is 3.44. The third-order valence-electron chi connectivity index (χ3n) is 2.03. The molecule has 0 N–H and O–H groups in total. The second-order valence-electron chi connectivity index (χ2n) is 3.23. The molecule has 1 heterocycles. The predicted octanol–water partition coefficient (Wildman–Crippen LogP) is 2.36. The number of rotatable bonds is 2. The van der Waals surface area contributed by atoms with Crippen molar-refractivity contribution in [2.24, 2.45) is 5.92 Å². The van der Waals surface area contributed by atoms with Gasteiger partial charge in [0, 0.05) is 12.7 Å². The van der Waals surface area contributed by atoms with Crippen LogP contribution < -0.4 is 0 Å². The summed E-state index contributed by atoms with van der Waals surface area (Å²) in [6.07, 6.45) is 4.83. The largest absolute Gasteiger partial charge is 0.271 e. The van der Waals surface area contributed by atoms with Crippen LogP contribution >= 0.6 is 15.9 Å². The van der Waals surface area contributed by atoms with Crippen LogP contribution in [-0.2, 0) is 6.54 Å². The molecule has 11 heavy (non-hydrogen) atoms. The molecule has 0 atom stereocenters. The molecule has 3 heteroatoms. The minimum absolute atomic E-state index is 0.904. The maximum absolute atomic E-state index is 4.36. The summed E-state index contributed by atoms with van der Waals surface area (Å²) in [4.78, 5) is 0. The summed E-state index contributed by atoms with van der Waals surface area (Å²) in [5, 5.41) is 4.36. The summed E-state index contributed by atoms with van der Waals surface area (Å²) in [6.45, 7) is 3.12. The standard InChI is InChI=1S/C8H11BrN2/c1-6-8(9)5-11(10-6)4-7-2-3-7/h5,7H,2-4H2,1H3. The molecule has 2 nitrogen and oxygen atoms in total. The van der Waals surface area contributed by atoms with Crippen LogP contribution in [0, 0.1) is 12.8 Å². The summed E-state index contributed by atoms with van der Waals surface area (Å²) in [5.41, 5.74) is 1.09. The van der Waals surface area contributed by atoms with Gasteiger partial charge in [-0.3, -0.25) is 4.68 Å². The molecular formula is C8H11BrN2. The first-order chi connectivity index (χ1) is 5.25. The molecule has 0 aromatic carbocycles. The van der Waals surface area contributed by atoms with E-state index in [9.17, 15) is 0 Å². The van der Waals surface area contributed by atoms with Crippen LogP contribution in [0.5, 0.6) is 0 Å². The molecule has 1 aliphatic carbocycles. The van der Waals surface area contributed by atoms with Crippen LogP contribution in [0.2, 0.25) is 0 Å². The van der Waals surface area contributed by atoms with Crippen LogP contribution in [0.25, 0.3) is 0 Å². The fraction of sp³-hybridized carbons (Fsp3) is 0.625. The Morgan fingerprint density at radius 2 is 2.45 bits per heavy atom. The van der Waals surface area contributed by atoms with E-state index in [1.54, 1.807) is 0 Å². The van der Waals surface area contributed by atoms with Gasteiger partial charge in [0.15, 0.2) is 0 Å². The average molecular weight is 215 g/mol. The molecule has 2 rings (SSSR count). The Labute approximate surface area is 74.7 Å². The lowest BCUT2D eigenvalue weighted by Crippen LogP contribution is -1.99. The van der Waals surface area contributed by atoms with E-state index in [2.05, 4.69) is 27.2 Å². The van der Waals surface area contributed by atoms with Gasteiger partial charge in [0.25, 0.3) is 0 Å². The van der Waals surface area contributed by atoms with Gasteiger partial charge < -0.3 is 0 Å². The van der Waals surface area contributed by atoms with Crippen molar-refractivity contribution < 1.29 is 0 Å². The van der Waals surface area contributed by atoms with Gasteiger partial charge in [-0.2, -0.15) is 5.10 Å². The Kier molecular flexibility index (Phi) is 1.75. The van der Waals surface area contributed by atoms with Crippen LogP contribution in [0.1, 0.15) is 18.5 Å². The topological polar surface area (TPSA) is 17.8 Å². The number of hydrogen-bond donors (Lipinski definition) is 0. The Morgan fingerprint density at radius 1 is 1.73 bits per heavy atom. The molecule has 0 saturated heterocycles. The molecule has 0 radical (unpaired) electrons. The summed E-state index contributed by atoms with van der Waals surface area (Å²) in [5.74, 6) is 0.904. The molecule has 60 valence electrons. The first-order valence-electron chi connectivity index (χ1n) is 3.95. The van der Waals surface area contributed by atoms with Crippen LogP contribution in [0.4, 0.5) is 0 Å². The summed E-state index contributed by atoms with van der Waals surface area (Å²) in [7, 11) is 0. The number of aryl methyl sites for hydroxylation is 1. The van der Waals surface area contributed by atoms with E-state index in [1.807, 2.05) is 11.6 Å². The van der Waals surface area contributed by atoms with Gasteiger partial charge in [-0.1, -0.05) is 0 Å². The second-order valence-corrected chi connectivity index (χ2v) is 4.08. The molecule has 0 unspecified atom stereocenters. The molecule has 0 amide bonds. The molecule has 1 aromatic rings. The first kappa shape index (κ1) is 7.35. The monoisotopic (exact) mass is 214 g/mol. The van der Waals surface area contributed by atoms with E-state index in [1.165, 1.54) is 12.8 Å². The van der Waals surface area contributed by atoms with Gasteiger partial charge >= 0.3 is 0 Å². The normalized spacial score (nSPS) is 17.3. The van der Waals surface area contributed by atoms with E-state index in [4.69, 9.17) is 0 Å². The Balaban J connectivity index is 2.11. The van der Waals surface area contributed by atoms with Crippen molar-refractivity contribution in [3.8, 4) is 0 Å². The Hall–Kier alpha value is -0.310. The SMILES string of the molecule is Cc1nn(CC2CC2)cc1Br. The first-order valence-corrected chi connectivity index (χ1v) is 4.74. The van der Waals surface area contributed by atoms with Gasteiger partial charge in [-0.05, 0) is 41.6 Å². The molecule has 0 bridgehead atoms. The van der Waals surface area contributed by atoms with Gasteiger partial charge in [0.05, 0.1) is 10.2 Å². The quantitative estimate of drug-likeness (QED) is 0.740. The van der Waals surface area contributed by atoms with Crippen molar-refractivity contribution in [2.75, 3.05) is 0 Å². The Bertz CT molecular complexity index is 244. The van der Waals surface area contributed by atoms with Gasteiger partial charge in [-0.15, -0.1) is 0 Å². The van der Waals surface area contributed by atoms with Crippen molar-refractivity contribution >= 4 is 15.9 Å². The number of nitrogens with zero attached hydrogens (tertiary/aromatic N) is 2. The lowest BCUT2D eigenvalue weighted by Gasteiger charge is -1.95. The third kappa shape index (κ3) is 1.64. The smallest absolute Gasteiger partial charge is 0.0735 e. The summed E-state index contributed by atoms with van der Waals surface area (Å²) in [6, 6.07) is 0. The second kappa shape index (κ2) is 2.63. The predicted molar refractivity (Wildman–Crippen MR) is 47.4 cm³/mol. The zero-order chi connectivity index (χ0) is 7.84. The van der Waals surface area contributed by atoms with E-state index in [0.29, 0.717) is 0 Å². The minimum atomic E-state index is 0.904. The van der Waals surface area contributed by atoms with Crippen molar-refractivity contribution in [2.45, 2.75) is 26.3 Å². The van der Waals surface area contributed by atoms with E-state index in [0.717, 1.165) is 22.6 Å².